The van der Waals surface area contributed by atoms with E-state index in [2.05, 4.69) is 33.9 Å². The van der Waals surface area contributed by atoms with Crippen LogP contribution in [0.2, 0.25) is 18.1 Å². The Hall–Kier alpha value is -0.103. The average Bonchev–Trinajstić information content (AvgIpc) is 2.24. The smallest absolute Gasteiger partial charge is 0.219 e. The highest BCUT2D eigenvalue weighted by Crippen LogP contribution is 2.38. The molecule has 3 nitrogen and oxygen atoms in total. The summed E-state index contributed by atoms with van der Waals surface area (Å²) in [7, 11) is -2.08. The molecule has 5 heteroatoms. The predicted molar refractivity (Wildman–Crippen MR) is 86.0 cm³/mol. The molecule has 0 saturated carbocycles. The van der Waals surface area contributed by atoms with Crippen LogP contribution in [0.3, 0.4) is 0 Å². The van der Waals surface area contributed by atoms with Crippen molar-refractivity contribution in [1.82, 2.24) is 0 Å². The van der Waals surface area contributed by atoms with Crippen molar-refractivity contribution in [2.75, 3.05) is 5.75 Å². The quantitative estimate of drug-likeness (QED) is 0.602. The van der Waals surface area contributed by atoms with Crippen LogP contribution in [0.15, 0.2) is 12.2 Å². The topological polar surface area (TPSA) is 46.5 Å². The zero-order valence-electron chi connectivity index (χ0n) is 13.2. The van der Waals surface area contributed by atoms with E-state index in [0.29, 0.717) is 5.75 Å². The summed E-state index contributed by atoms with van der Waals surface area (Å²) in [5, 5.41) is 10.0. The maximum atomic E-state index is 12.1. The number of carbonyl (C=O) groups is 1. The van der Waals surface area contributed by atoms with Gasteiger partial charge in [-0.2, -0.15) is 0 Å². The number of aliphatic hydroxyl groups is 1. The third kappa shape index (κ3) is 5.81. The van der Waals surface area contributed by atoms with E-state index in [1.165, 1.54) is 11.8 Å². The van der Waals surface area contributed by atoms with Crippen molar-refractivity contribution >= 4 is 25.2 Å². The maximum absolute atomic E-state index is 12.1. The summed E-state index contributed by atoms with van der Waals surface area (Å²) in [5.41, 5.74) is 0. The van der Waals surface area contributed by atoms with Gasteiger partial charge in [-0.3, -0.25) is 4.79 Å². The molecule has 0 rings (SSSR count). The zero-order chi connectivity index (χ0) is 15.3. The molecule has 0 spiro atoms. The van der Waals surface area contributed by atoms with Gasteiger partial charge in [-0.05, 0) is 30.8 Å². The number of rotatable bonds is 6. The molecule has 0 radical (unpaired) electrons. The fourth-order valence-electron chi connectivity index (χ4n) is 1.27. The molecule has 0 aromatic heterocycles. The van der Waals surface area contributed by atoms with Gasteiger partial charge in [0, 0.05) is 0 Å². The molecule has 0 saturated heterocycles. The van der Waals surface area contributed by atoms with Crippen LogP contribution >= 0.6 is 11.8 Å². The summed E-state index contributed by atoms with van der Waals surface area (Å²) >= 11 is 1.21. The Morgan fingerprint density at radius 3 is 2.32 bits per heavy atom. The van der Waals surface area contributed by atoms with Crippen LogP contribution in [0, 0.1) is 0 Å². The third-order valence-electron chi connectivity index (χ3n) is 3.45. The maximum Gasteiger partial charge on any atom is 0.219 e. The van der Waals surface area contributed by atoms with Crippen LogP contribution in [0.4, 0.5) is 0 Å². The largest absolute Gasteiger partial charge is 0.403 e. The van der Waals surface area contributed by atoms with Gasteiger partial charge in [0.2, 0.25) is 5.12 Å². The predicted octanol–water partition coefficient (Wildman–Crippen LogP) is 3.59. The van der Waals surface area contributed by atoms with Crippen molar-refractivity contribution in [2.24, 2.45) is 0 Å². The number of aliphatic hydroxyl groups excluding tert-OH is 1. The van der Waals surface area contributed by atoms with Crippen molar-refractivity contribution in [3.63, 3.8) is 0 Å². The lowest BCUT2D eigenvalue weighted by molar-refractivity contribution is -0.121. The summed E-state index contributed by atoms with van der Waals surface area (Å²) in [6.45, 7) is 14.3. The second-order valence-corrected chi connectivity index (χ2v) is 12.1. The minimum Gasteiger partial charge on any atom is -0.403 e. The van der Waals surface area contributed by atoms with Crippen LogP contribution in [0.1, 0.15) is 34.6 Å². The second kappa shape index (κ2) is 7.62. The minimum atomic E-state index is -2.08. The van der Waals surface area contributed by atoms with Crippen LogP contribution in [0.5, 0.6) is 0 Å². The summed E-state index contributed by atoms with van der Waals surface area (Å²) in [6.07, 6.45) is 1.73. The summed E-state index contributed by atoms with van der Waals surface area (Å²) < 4.78 is 6.10. The fraction of sp³-hybridized carbons (Fsp3) is 0.786. The highest BCUT2D eigenvalue weighted by molar-refractivity contribution is 8.13. The Kier molecular flexibility index (Phi) is 7.58. The Balaban J connectivity index is 5.11. The van der Waals surface area contributed by atoms with E-state index >= 15 is 0 Å². The third-order valence-corrected chi connectivity index (χ3v) is 8.71. The number of thioether (sulfide) groups is 1. The number of hydrogen-bond donors (Lipinski definition) is 1. The van der Waals surface area contributed by atoms with Crippen LogP contribution < -0.4 is 0 Å². The molecular weight excluding hydrogens is 276 g/mol. The molecule has 0 aromatic rings. The molecule has 2 atom stereocenters. The van der Waals surface area contributed by atoms with Crippen LogP contribution in [0.25, 0.3) is 0 Å². The van der Waals surface area contributed by atoms with E-state index in [1.807, 2.05) is 13.8 Å². The molecule has 0 amide bonds. The Bertz CT molecular complexity index is 321. The summed E-state index contributed by atoms with van der Waals surface area (Å²) in [5.74, 6) is 0.693. The van der Waals surface area contributed by atoms with E-state index in [-0.39, 0.29) is 10.2 Å². The zero-order valence-corrected chi connectivity index (χ0v) is 15.0. The molecule has 0 bridgehead atoms. The Morgan fingerprint density at radius 2 is 1.95 bits per heavy atom. The molecule has 1 N–H and O–H groups in total. The molecule has 0 aliphatic heterocycles. The number of hydrogen-bond acceptors (Lipinski definition) is 4. The normalized spacial score (nSPS) is 16.6. The average molecular weight is 305 g/mol. The lowest BCUT2D eigenvalue weighted by Crippen LogP contribution is -2.49. The van der Waals surface area contributed by atoms with Gasteiger partial charge in [0.15, 0.2) is 8.32 Å². The first-order valence-electron chi connectivity index (χ1n) is 6.72. The first-order valence-corrected chi connectivity index (χ1v) is 10.6. The lowest BCUT2D eigenvalue weighted by atomic mass is 10.2. The van der Waals surface area contributed by atoms with Gasteiger partial charge in [0.25, 0.3) is 0 Å². The SMILES string of the molecule is C/C=C/[C@H](O)[C@@H](O[Si](C)(C)C(C)(C)C)C(=O)SCC. The fourth-order valence-corrected chi connectivity index (χ4v) is 3.23. The minimum absolute atomic E-state index is 0.0120. The molecule has 0 fully saturated rings. The monoisotopic (exact) mass is 304 g/mol. The second-order valence-electron chi connectivity index (χ2n) is 6.07. The van der Waals surface area contributed by atoms with Gasteiger partial charge < -0.3 is 9.53 Å². The molecule has 0 aliphatic rings. The highest BCUT2D eigenvalue weighted by atomic mass is 32.2. The Morgan fingerprint density at radius 1 is 1.42 bits per heavy atom. The summed E-state index contributed by atoms with van der Waals surface area (Å²) in [4.78, 5) is 12.1. The van der Waals surface area contributed by atoms with E-state index in [9.17, 15) is 9.90 Å². The standard InChI is InChI=1S/C14H28O3SSi/c1-8-10-11(15)12(13(16)18-9-2)17-19(6,7)14(3,4)5/h8,10-12,15H,9H2,1-7H3/b10-8+/t11-,12+/m0/s1. The molecule has 19 heavy (non-hydrogen) atoms. The van der Waals surface area contributed by atoms with Crippen molar-refractivity contribution < 1.29 is 14.3 Å². The molecule has 0 aromatic carbocycles. The van der Waals surface area contributed by atoms with Crippen molar-refractivity contribution in [2.45, 2.75) is 65.0 Å². The van der Waals surface area contributed by atoms with Crippen molar-refractivity contribution in [3.05, 3.63) is 12.2 Å². The Labute approximate surface area is 122 Å². The first-order chi connectivity index (χ1) is 8.56. The van der Waals surface area contributed by atoms with Crippen LogP contribution in [-0.2, 0) is 9.22 Å². The number of carbonyl (C=O) groups excluding carboxylic acids is 1. The van der Waals surface area contributed by atoms with Crippen molar-refractivity contribution in [3.8, 4) is 0 Å². The first kappa shape index (κ1) is 18.9. The van der Waals surface area contributed by atoms with E-state index in [1.54, 1.807) is 12.2 Å². The molecule has 0 aliphatic carbocycles. The van der Waals surface area contributed by atoms with Gasteiger partial charge in [0.1, 0.15) is 12.2 Å². The number of allylic oxidation sites excluding steroid dienone is 1. The van der Waals surface area contributed by atoms with Gasteiger partial charge >= 0.3 is 0 Å². The van der Waals surface area contributed by atoms with Gasteiger partial charge in [-0.1, -0.05) is 51.6 Å². The van der Waals surface area contributed by atoms with E-state index in [4.69, 9.17) is 4.43 Å². The lowest BCUT2D eigenvalue weighted by Gasteiger charge is -2.39. The molecule has 0 heterocycles. The van der Waals surface area contributed by atoms with Gasteiger partial charge in [-0.25, -0.2) is 0 Å². The van der Waals surface area contributed by atoms with Gasteiger partial charge in [0.05, 0.1) is 0 Å². The highest BCUT2D eigenvalue weighted by Gasteiger charge is 2.42. The van der Waals surface area contributed by atoms with E-state index < -0.39 is 20.5 Å². The van der Waals surface area contributed by atoms with Gasteiger partial charge in [-0.15, -0.1) is 0 Å². The van der Waals surface area contributed by atoms with Crippen LogP contribution in [-0.4, -0.2) is 36.5 Å². The summed E-state index contributed by atoms with van der Waals surface area (Å²) in [6, 6.07) is 0. The molecule has 0 unspecified atom stereocenters. The van der Waals surface area contributed by atoms with Crippen molar-refractivity contribution in [1.29, 1.82) is 0 Å². The van der Waals surface area contributed by atoms with E-state index in [0.717, 1.165) is 0 Å². The molecule has 112 valence electrons. The molecular formula is C14H28O3SSi.